The summed E-state index contributed by atoms with van der Waals surface area (Å²) in [5, 5.41) is 12.3. The Morgan fingerprint density at radius 2 is 2.24 bits per heavy atom. The van der Waals surface area contributed by atoms with Gasteiger partial charge < -0.3 is 10.4 Å². The highest BCUT2D eigenvalue weighted by molar-refractivity contribution is 5.94. The molecule has 1 amide bonds. The van der Waals surface area contributed by atoms with Crippen molar-refractivity contribution < 1.29 is 14.3 Å². The number of nitrogens with zero attached hydrogens (tertiary/aromatic N) is 1. The molecular formula is C16H15FN2O2. The minimum Gasteiger partial charge on any atom is -0.505 e. The van der Waals surface area contributed by atoms with Crippen LogP contribution in [0.5, 0.6) is 5.75 Å². The maximum Gasteiger partial charge on any atom is 0.251 e. The molecule has 0 radical (unpaired) electrons. The zero-order valence-corrected chi connectivity index (χ0v) is 11.3. The number of amides is 1. The van der Waals surface area contributed by atoms with E-state index in [9.17, 15) is 14.3 Å². The number of nitrogens with one attached hydrogen (secondary N) is 1. The van der Waals surface area contributed by atoms with Gasteiger partial charge in [-0.25, -0.2) is 4.39 Å². The molecule has 108 valence electrons. The second kappa shape index (κ2) is 5.52. The fraction of sp³-hybridized carbons (Fsp3) is 0.250. The largest absolute Gasteiger partial charge is 0.505 e. The molecule has 1 aliphatic rings. The van der Waals surface area contributed by atoms with Gasteiger partial charge in [0.1, 0.15) is 0 Å². The van der Waals surface area contributed by atoms with Gasteiger partial charge in [-0.15, -0.1) is 0 Å². The Bertz CT molecular complexity index is 688. The molecule has 0 bridgehead atoms. The Morgan fingerprint density at radius 1 is 1.38 bits per heavy atom. The van der Waals surface area contributed by atoms with Gasteiger partial charge >= 0.3 is 0 Å². The van der Waals surface area contributed by atoms with Crippen LogP contribution in [0.4, 0.5) is 4.39 Å². The van der Waals surface area contributed by atoms with Crippen molar-refractivity contribution in [2.24, 2.45) is 0 Å². The molecule has 21 heavy (non-hydrogen) atoms. The predicted octanol–water partition coefficient (Wildman–Crippen LogP) is 2.73. The van der Waals surface area contributed by atoms with Crippen LogP contribution < -0.4 is 5.32 Å². The molecule has 0 saturated carbocycles. The smallest absolute Gasteiger partial charge is 0.251 e. The molecule has 0 saturated heterocycles. The van der Waals surface area contributed by atoms with Gasteiger partial charge in [0, 0.05) is 18.0 Å². The molecule has 1 aromatic carbocycles. The van der Waals surface area contributed by atoms with Crippen LogP contribution in [0.3, 0.4) is 0 Å². The fourth-order valence-electron chi connectivity index (χ4n) is 2.68. The molecule has 0 aliphatic heterocycles. The Labute approximate surface area is 121 Å². The third kappa shape index (κ3) is 2.72. The lowest BCUT2D eigenvalue weighted by molar-refractivity contribution is 0.0932. The summed E-state index contributed by atoms with van der Waals surface area (Å²) in [5.41, 5.74) is 2.47. The number of aromatic nitrogens is 1. The summed E-state index contributed by atoms with van der Waals surface area (Å²) in [6.07, 6.45) is 6.35. The summed E-state index contributed by atoms with van der Waals surface area (Å²) in [6.45, 7) is 0. The summed E-state index contributed by atoms with van der Waals surface area (Å²) in [4.78, 5) is 16.3. The number of carbonyl (C=O) groups excluding carboxylic acids is 1. The van der Waals surface area contributed by atoms with Crippen molar-refractivity contribution in [3.63, 3.8) is 0 Å². The molecule has 4 nitrogen and oxygen atoms in total. The Balaban J connectivity index is 1.81. The van der Waals surface area contributed by atoms with Crippen molar-refractivity contribution in [2.45, 2.75) is 25.3 Å². The molecule has 2 N–H and O–H groups in total. The van der Waals surface area contributed by atoms with Crippen LogP contribution >= 0.6 is 0 Å². The molecule has 1 aliphatic carbocycles. The summed E-state index contributed by atoms with van der Waals surface area (Å²) in [6, 6.07) is 5.43. The highest BCUT2D eigenvalue weighted by atomic mass is 19.1. The first kappa shape index (κ1) is 13.5. The van der Waals surface area contributed by atoms with Crippen LogP contribution in [0.2, 0.25) is 0 Å². The van der Waals surface area contributed by atoms with Crippen LogP contribution in [0.1, 0.15) is 40.4 Å². The molecule has 1 unspecified atom stereocenters. The second-order valence-electron chi connectivity index (χ2n) is 5.16. The summed E-state index contributed by atoms with van der Waals surface area (Å²) in [5.74, 6) is -1.57. The lowest BCUT2D eigenvalue weighted by Gasteiger charge is -2.26. The molecule has 0 spiro atoms. The van der Waals surface area contributed by atoms with Crippen LogP contribution in [0, 0.1) is 5.82 Å². The zero-order valence-electron chi connectivity index (χ0n) is 11.3. The average molecular weight is 286 g/mol. The van der Waals surface area contributed by atoms with E-state index in [1.165, 1.54) is 6.07 Å². The van der Waals surface area contributed by atoms with Gasteiger partial charge in [0.2, 0.25) is 0 Å². The molecule has 0 fully saturated rings. The van der Waals surface area contributed by atoms with Crippen molar-refractivity contribution >= 4 is 5.91 Å². The highest BCUT2D eigenvalue weighted by Gasteiger charge is 2.22. The second-order valence-corrected chi connectivity index (χ2v) is 5.16. The quantitative estimate of drug-likeness (QED) is 0.892. The Morgan fingerprint density at radius 3 is 3.05 bits per heavy atom. The van der Waals surface area contributed by atoms with E-state index in [-0.39, 0.29) is 17.5 Å². The van der Waals surface area contributed by atoms with E-state index in [0.717, 1.165) is 42.5 Å². The standard InChI is InChI=1S/C16H15FN2O2/c17-13-5-4-10(8-15(13)20)16(21)19-14-3-1-2-11-9-18-7-6-12(11)14/h4-9,14,20H,1-3H2,(H,19,21). The summed E-state index contributed by atoms with van der Waals surface area (Å²) >= 11 is 0. The van der Waals surface area contributed by atoms with Crippen LogP contribution in [0.25, 0.3) is 0 Å². The third-order valence-corrected chi connectivity index (χ3v) is 3.77. The first-order valence-corrected chi connectivity index (χ1v) is 6.87. The van der Waals surface area contributed by atoms with Crippen molar-refractivity contribution in [1.82, 2.24) is 10.3 Å². The van der Waals surface area contributed by atoms with E-state index in [1.807, 2.05) is 12.3 Å². The summed E-state index contributed by atoms with van der Waals surface area (Å²) in [7, 11) is 0. The van der Waals surface area contributed by atoms with Gasteiger partial charge in [-0.1, -0.05) is 0 Å². The monoisotopic (exact) mass is 286 g/mol. The topological polar surface area (TPSA) is 62.2 Å². The van der Waals surface area contributed by atoms with Gasteiger partial charge in [-0.05, 0) is 54.7 Å². The number of benzene rings is 1. The van der Waals surface area contributed by atoms with Gasteiger partial charge in [0.15, 0.2) is 11.6 Å². The number of fused-ring (bicyclic) bond motifs is 1. The van der Waals surface area contributed by atoms with E-state index in [0.29, 0.717) is 0 Å². The number of phenols is 1. The fourth-order valence-corrected chi connectivity index (χ4v) is 2.68. The number of phenolic OH excluding ortho intramolecular Hbond substituents is 1. The van der Waals surface area contributed by atoms with E-state index in [1.54, 1.807) is 6.20 Å². The van der Waals surface area contributed by atoms with Gasteiger partial charge in [-0.3, -0.25) is 9.78 Å². The van der Waals surface area contributed by atoms with Gasteiger partial charge in [0.05, 0.1) is 6.04 Å². The number of hydrogen-bond acceptors (Lipinski definition) is 3. The van der Waals surface area contributed by atoms with Gasteiger partial charge in [0.25, 0.3) is 5.91 Å². The normalized spacial score (nSPS) is 17.1. The molecule has 1 aromatic heterocycles. The highest BCUT2D eigenvalue weighted by Crippen LogP contribution is 2.29. The zero-order chi connectivity index (χ0) is 14.8. The minimum absolute atomic E-state index is 0.0727. The van der Waals surface area contributed by atoms with Crippen molar-refractivity contribution in [3.8, 4) is 5.75 Å². The lowest BCUT2D eigenvalue weighted by atomic mass is 9.89. The van der Waals surface area contributed by atoms with E-state index < -0.39 is 11.6 Å². The van der Waals surface area contributed by atoms with E-state index >= 15 is 0 Å². The minimum atomic E-state index is -0.736. The SMILES string of the molecule is O=C(NC1CCCc2cnccc21)c1ccc(F)c(O)c1. The van der Waals surface area contributed by atoms with E-state index in [4.69, 9.17) is 0 Å². The number of rotatable bonds is 2. The molecule has 2 aromatic rings. The van der Waals surface area contributed by atoms with Gasteiger partial charge in [-0.2, -0.15) is 0 Å². The number of carbonyl (C=O) groups is 1. The molecular weight excluding hydrogens is 271 g/mol. The van der Waals surface area contributed by atoms with E-state index in [2.05, 4.69) is 10.3 Å². The maximum atomic E-state index is 13.0. The number of pyridine rings is 1. The number of aromatic hydroxyl groups is 1. The maximum absolute atomic E-state index is 13.0. The third-order valence-electron chi connectivity index (χ3n) is 3.77. The van der Waals surface area contributed by atoms with Crippen molar-refractivity contribution in [1.29, 1.82) is 0 Å². The van der Waals surface area contributed by atoms with Crippen molar-refractivity contribution in [3.05, 3.63) is 59.2 Å². The molecule has 1 atom stereocenters. The number of aryl methyl sites for hydroxylation is 1. The molecule has 3 rings (SSSR count). The lowest BCUT2D eigenvalue weighted by Crippen LogP contribution is -2.31. The summed E-state index contributed by atoms with van der Waals surface area (Å²) < 4.78 is 13.0. The molecule has 5 heteroatoms. The average Bonchev–Trinajstić information content (AvgIpc) is 2.50. The Hall–Kier alpha value is -2.43. The Kier molecular flexibility index (Phi) is 3.56. The van der Waals surface area contributed by atoms with Crippen LogP contribution in [-0.4, -0.2) is 16.0 Å². The molecule has 1 heterocycles. The predicted molar refractivity (Wildman–Crippen MR) is 75.4 cm³/mol. The first-order chi connectivity index (χ1) is 10.1. The number of halogens is 1. The van der Waals surface area contributed by atoms with Crippen LogP contribution in [0.15, 0.2) is 36.7 Å². The number of hydrogen-bond donors (Lipinski definition) is 2. The first-order valence-electron chi connectivity index (χ1n) is 6.87. The van der Waals surface area contributed by atoms with Crippen molar-refractivity contribution in [2.75, 3.05) is 0 Å². The van der Waals surface area contributed by atoms with Crippen LogP contribution in [-0.2, 0) is 6.42 Å².